The lowest BCUT2D eigenvalue weighted by Gasteiger charge is -2.11. The molecule has 0 saturated heterocycles. The van der Waals surface area contributed by atoms with E-state index in [-0.39, 0.29) is 5.78 Å². The number of hydrogen-bond acceptors (Lipinski definition) is 2. The predicted molar refractivity (Wildman–Crippen MR) is 77.0 cm³/mol. The second kappa shape index (κ2) is 5.89. The van der Waals surface area contributed by atoms with Crippen molar-refractivity contribution in [2.75, 3.05) is 0 Å². The highest BCUT2D eigenvalue weighted by molar-refractivity contribution is 6.30. The molecule has 0 bridgehead atoms. The summed E-state index contributed by atoms with van der Waals surface area (Å²) in [5, 5.41) is 0.698. The maximum absolute atomic E-state index is 11.5. The van der Waals surface area contributed by atoms with E-state index >= 15 is 0 Å². The van der Waals surface area contributed by atoms with E-state index < -0.39 is 0 Å². The Morgan fingerprint density at radius 2 is 1.84 bits per heavy atom. The number of carbonyl (C=O) groups is 1. The summed E-state index contributed by atoms with van der Waals surface area (Å²) in [7, 11) is 0. The molecule has 0 saturated carbocycles. The van der Waals surface area contributed by atoms with E-state index in [1.165, 1.54) is 0 Å². The van der Waals surface area contributed by atoms with Crippen LogP contribution in [0.1, 0.15) is 28.4 Å². The van der Waals surface area contributed by atoms with Gasteiger partial charge in [0, 0.05) is 5.02 Å². The quantitative estimate of drug-likeness (QED) is 0.771. The smallest absolute Gasteiger partial charge is 0.163 e. The van der Waals surface area contributed by atoms with Crippen LogP contribution in [0.3, 0.4) is 0 Å². The van der Waals surface area contributed by atoms with Crippen LogP contribution < -0.4 is 4.74 Å². The molecule has 2 aromatic rings. The van der Waals surface area contributed by atoms with E-state index in [0.717, 1.165) is 11.1 Å². The van der Waals surface area contributed by atoms with Crippen LogP contribution in [0.4, 0.5) is 0 Å². The molecule has 0 aliphatic heterocycles. The Bertz CT molecular complexity index is 588. The minimum Gasteiger partial charge on any atom is -0.488 e. The van der Waals surface area contributed by atoms with Crippen LogP contribution >= 0.6 is 11.6 Å². The molecule has 0 N–H and O–H groups in total. The third-order valence-corrected chi connectivity index (χ3v) is 3.08. The third-order valence-electron chi connectivity index (χ3n) is 2.82. The van der Waals surface area contributed by atoms with E-state index in [1.54, 1.807) is 13.0 Å². The molecule has 0 fully saturated rings. The van der Waals surface area contributed by atoms with Crippen LogP contribution in [0.2, 0.25) is 5.02 Å². The number of ether oxygens (including phenoxy) is 1. The highest BCUT2D eigenvalue weighted by atomic mass is 35.5. The first-order valence-electron chi connectivity index (χ1n) is 6.05. The zero-order chi connectivity index (χ0) is 13.8. The van der Waals surface area contributed by atoms with Crippen LogP contribution in [0.15, 0.2) is 42.5 Å². The van der Waals surface area contributed by atoms with E-state index in [1.807, 2.05) is 43.3 Å². The van der Waals surface area contributed by atoms with Crippen LogP contribution in [0, 0.1) is 6.92 Å². The standard InChI is InChI=1S/C16H15ClO2/c1-11-3-8-15(12(2)18)16(9-11)19-10-13-4-6-14(17)7-5-13/h3-9H,10H2,1-2H3. The van der Waals surface area contributed by atoms with Gasteiger partial charge in [-0.3, -0.25) is 4.79 Å². The topological polar surface area (TPSA) is 26.3 Å². The number of hydrogen-bond donors (Lipinski definition) is 0. The molecule has 0 atom stereocenters. The molecule has 19 heavy (non-hydrogen) atoms. The average Bonchev–Trinajstić information content (AvgIpc) is 2.38. The van der Waals surface area contributed by atoms with Gasteiger partial charge in [-0.05, 0) is 49.2 Å². The third kappa shape index (κ3) is 3.58. The lowest BCUT2D eigenvalue weighted by Crippen LogP contribution is -2.02. The zero-order valence-electron chi connectivity index (χ0n) is 10.9. The summed E-state index contributed by atoms with van der Waals surface area (Å²) in [5.74, 6) is 0.633. The van der Waals surface area contributed by atoms with Crippen molar-refractivity contribution in [3.8, 4) is 5.75 Å². The largest absolute Gasteiger partial charge is 0.488 e. The van der Waals surface area contributed by atoms with Crippen molar-refractivity contribution in [1.29, 1.82) is 0 Å². The normalized spacial score (nSPS) is 10.3. The summed E-state index contributed by atoms with van der Waals surface area (Å²) in [6.45, 7) is 3.93. The zero-order valence-corrected chi connectivity index (χ0v) is 11.7. The monoisotopic (exact) mass is 274 g/mol. The predicted octanol–water partition coefficient (Wildman–Crippen LogP) is 4.43. The van der Waals surface area contributed by atoms with Gasteiger partial charge in [-0.25, -0.2) is 0 Å². The molecule has 0 aromatic heterocycles. The Hall–Kier alpha value is -1.80. The molecule has 0 radical (unpaired) electrons. The van der Waals surface area contributed by atoms with Crippen molar-refractivity contribution < 1.29 is 9.53 Å². The SMILES string of the molecule is CC(=O)c1ccc(C)cc1OCc1ccc(Cl)cc1. The van der Waals surface area contributed by atoms with E-state index in [4.69, 9.17) is 16.3 Å². The van der Waals surface area contributed by atoms with Gasteiger partial charge in [-0.15, -0.1) is 0 Å². The van der Waals surface area contributed by atoms with E-state index in [0.29, 0.717) is 22.9 Å². The summed E-state index contributed by atoms with van der Waals surface area (Å²) in [6, 6.07) is 13.1. The summed E-state index contributed by atoms with van der Waals surface area (Å²) in [6.07, 6.45) is 0. The Kier molecular flexibility index (Phi) is 4.23. The molecular weight excluding hydrogens is 260 g/mol. The number of benzene rings is 2. The first-order valence-corrected chi connectivity index (χ1v) is 6.43. The summed E-state index contributed by atoms with van der Waals surface area (Å²) >= 11 is 5.83. The number of Topliss-reactive ketones (excluding diaryl/α,β-unsaturated/α-hetero) is 1. The number of carbonyl (C=O) groups excluding carboxylic acids is 1. The average molecular weight is 275 g/mol. The van der Waals surface area contributed by atoms with E-state index in [9.17, 15) is 4.79 Å². The molecule has 0 spiro atoms. The maximum Gasteiger partial charge on any atom is 0.163 e. The van der Waals surface area contributed by atoms with Crippen molar-refractivity contribution in [1.82, 2.24) is 0 Å². The summed E-state index contributed by atoms with van der Waals surface area (Å²) in [4.78, 5) is 11.5. The first-order chi connectivity index (χ1) is 9.06. The lowest BCUT2D eigenvalue weighted by atomic mass is 10.1. The Balaban J connectivity index is 2.16. The number of aryl methyl sites for hydroxylation is 1. The van der Waals surface area contributed by atoms with Gasteiger partial charge >= 0.3 is 0 Å². The van der Waals surface area contributed by atoms with Crippen LogP contribution in [-0.4, -0.2) is 5.78 Å². The fourth-order valence-electron chi connectivity index (χ4n) is 1.78. The Morgan fingerprint density at radius 3 is 2.47 bits per heavy atom. The maximum atomic E-state index is 11.5. The highest BCUT2D eigenvalue weighted by Gasteiger charge is 2.08. The van der Waals surface area contributed by atoms with Gasteiger partial charge in [0.1, 0.15) is 12.4 Å². The van der Waals surface area contributed by atoms with Crippen molar-refractivity contribution in [2.24, 2.45) is 0 Å². The Morgan fingerprint density at radius 1 is 1.16 bits per heavy atom. The lowest BCUT2D eigenvalue weighted by molar-refractivity contribution is 0.101. The van der Waals surface area contributed by atoms with Gasteiger partial charge < -0.3 is 4.74 Å². The molecule has 98 valence electrons. The van der Waals surface area contributed by atoms with Crippen molar-refractivity contribution in [3.05, 3.63) is 64.2 Å². The summed E-state index contributed by atoms with van der Waals surface area (Å²) in [5.41, 5.74) is 2.69. The van der Waals surface area contributed by atoms with E-state index in [2.05, 4.69) is 0 Å². The molecule has 0 aliphatic carbocycles. The molecule has 2 nitrogen and oxygen atoms in total. The Labute approximate surface area is 118 Å². The van der Waals surface area contributed by atoms with Gasteiger partial charge in [0.05, 0.1) is 5.56 Å². The molecule has 2 rings (SSSR count). The van der Waals surface area contributed by atoms with Crippen molar-refractivity contribution in [3.63, 3.8) is 0 Å². The van der Waals surface area contributed by atoms with Crippen LogP contribution in [-0.2, 0) is 6.61 Å². The molecule has 2 aromatic carbocycles. The highest BCUT2D eigenvalue weighted by Crippen LogP contribution is 2.22. The first kappa shape index (κ1) is 13.6. The van der Waals surface area contributed by atoms with Crippen LogP contribution in [0.5, 0.6) is 5.75 Å². The van der Waals surface area contributed by atoms with Crippen molar-refractivity contribution in [2.45, 2.75) is 20.5 Å². The van der Waals surface area contributed by atoms with Gasteiger partial charge in [0.25, 0.3) is 0 Å². The summed E-state index contributed by atoms with van der Waals surface area (Å²) < 4.78 is 5.74. The fourth-order valence-corrected chi connectivity index (χ4v) is 1.91. The number of ketones is 1. The van der Waals surface area contributed by atoms with Gasteiger partial charge in [0.2, 0.25) is 0 Å². The van der Waals surface area contributed by atoms with Crippen LogP contribution in [0.25, 0.3) is 0 Å². The minimum atomic E-state index is 0.00565. The second-order valence-corrected chi connectivity index (χ2v) is 4.91. The minimum absolute atomic E-state index is 0.00565. The van der Waals surface area contributed by atoms with Gasteiger partial charge in [-0.1, -0.05) is 29.8 Å². The molecular formula is C16H15ClO2. The van der Waals surface area contributed by atoms with Crippen molar-refractivity contribution >= 4 is 17.4 Å². The van der Waals surface area contributed by atoms with Gasteiger partial charge in [-0.2, -0.15) is 0 Å². The molecule has 0 unspecified atom stereocenters. The fraction of sp³-hybridized carbons (Fsp3) is 0.188. The number of rotatable bonds is 4. The molecule has 0 aliphatic rings. The number of halogens is 1. The molecule has 3 heteroatoms. The molecule has 0 amide bonds. The molecule has 0 heterocycles. The second-order valence-electron chi connectivity index (χ2n) is 4.47. The van der Waals surface area contributed by atoms with Gasteiger partial charge in [0.15, 0.2) is 5.78 Å².